The van der Waals surface area contributed by atoms with E-state index in [0.29, 0.717) is 6.04 Å². The van der Waals surface area contributed by atoms with Crippen LogP contribution in [0.5, 0.6) is 0 Å². The summed E-state index contributed by atoms with van der Waals surface area (Å²) in [4.78, 5) is 21.0. The molecule has 2 aromatic heterocycles. The van der Waals surface area contributed by atoms with E-state index in [-0.39, 0.29) is 5.91 Å². The fraction of sp³-hybridized carbons (Fsp3) is 0.429. The van der Waals surface area contributed by atoms with Gasteiger partial charge in [-0.2, -0.15) is 0 Å². The molecule has 20 heavy (non-hydrogen) atoms. The van der Waals surface area contributed by atoms with Crippen molar-refractivity contribution in [3.05, 3.63) is 28.1 Å². The summed E-state index contributed by atoms with van der Waals surface area (Å²) in [5, 5.41) is 6.34. The maximum atomic E-state index is 12.6. The molecule has 1 fully saturated rings. The van der Waals surface area contributed by atoms with Crippen LogP contribution in [0.4, 0.5) is 0 Å². The van der Waals surface area contributed by atoms with Gasteiger partial charge in [0.1, 0.15) is 9.88 Å². The molecule has 0 aliphatic carbocycles. The molecule has 0 spiro atoms. The van der Waals surface area contributed by atoms with Crippen molar-refractivity contribution in [3.8, 4) is 9.88 Å². The van der Waals surface area contributed by atoms with Crippen molar-refractivity contribution in [2.24, 2.45) is 0 Å². The van der Waals surface area contributed by atoms with Crippen LogP contribution in [0.2, 0.25) is 0 Å². The summed E-state index contributed by atoms with van der Waals surface area (Å²) in [6.45, 7) is 6.43. The van der Waals surface area contributed by atoms with Gasteiger partial charge >= 0.3 is 0 Å². The van der Waals surface area contributed by atoms with Crippen LogP contribution in [-0.4, -0.2) is 41.5 Å². The lowest BCUT2D eigenvalue weighted by atomic mass is 10.2. The first-order valence-corrected chi connectivity index (χ1v) is 8.38. The number of hydrogen-bond donors (Lipinski definition) is 1. The highest BCUT2D eigenvalue weighted by molar-refractivity contribution is 7.22. The summed E-state index contributed by atoms with van der Waals surface area (Å²) < 4.78 is 0. The van der Waals surface area contributed by atoms with Crippen LogP contribution < -0.4 is 5.32 Å². The lowest BCUT2D eigenvalue weighted by Crippen LogP contribution is -2.51. The Morgan fingerprint density at radius 3 is 3.10 bits per heavy atom. The van der Waals surface area contributed by atoms with Crippen molar-refractivity contribution in [2.45, 2.75) is 19.9 Å². The molecule has 1 aliphatic rings. The molecule has 2 aromatic rings. The van der Waals surface area contributed by atoms with Crippen LogP contribution in [-0.2, 0) is 0 Å². The van der Waals surface area contributed by atoms with Gasteiger partial charge in [0.2, 0.25) is 0 Å². The molecule has 6 heteroatoms. The van der Waals surface area contributed by atoms with Crippen molar-refractivity contribution in [1.29, 1.82) is 0 Å². The number of aromatic nitrogens is 1. The first-order chi connectivity index (χ1) is 9.65. The van der Waals surface area contributed by atoms with Crippen LogP contribution >= 0.6 is 22.7 Å². The number of piperazine rings is 1. The summed E-state index contributed by atoms with van der Waals surface area (Å²) >= 11 is 3.17. The van der Waals surface area contributed by atoms with Crippen molar-refractivity contribution < 1.29 is 4.79 Å². The molecule has 1 aliphatic heterocycles. The number of carbonyl (C=O) groups excluding carboxylic acids is 1. The van der Waals surface area contributed by atoms with Crippen molar-refractivity contribution in [2.75, 3.05) is 19.6 Å². The second kappa shape index (κ2) is 5.63. The van der Waals surface area contributed by atoms with Crippen LogP contribution in [0.15, 0.2) is 17.5 Å². The molecular formula is C14H17N3OS2. The SMILES string of the molecule is Cc1nc(-c2cccs2)sc1C(=O)N1CCNC(C)C1. The number of thiophene rings is 1. The van der Waals surface area contributed by atoms with Gasteiger partial charge in [-0.15, -0.1) is 22.7 Å². The monoisotopic (exact) mass is 307 g/mol. The Balaban J connectivity index is 1.85. The highest BCUT2D eigenvalue weighted by Gasteiger charge is 2.25. The maximum Gasteiger partial charge on any atom is 0.265 e. The lowest BCUT2D eigenvalue weighted by Gasteiger charge is -2.31. The third kappa shape index (κ3) is 2.63. The number of nitrogens with one attached hydrogen (secondary N) is 1. The van der Waals surface area contributed by atoms with Crippen molar-refractivity contribution >= 4 is 28.6 Å². The standard InChI is InChI=1S/C14H17N3OS2/c1-9-8-17(6-5-15-9)14(18)12-10(2)16-13(20-12)11-4-3-7-19-11/h3-4,7,9,15H,5-6,8H2,1-2H3. The zero-order chi connectivity index (χ0) is 14.1. The summed E-state index contributed by atoms with van der Waals surface area (Å²) in [5.41, 5.74) is 0.842. The van der Waals surface area contributed by atoms with Gasteiger partial charge in [0, 0.05) is 25.7 Å². The molecule has 106 valence electrons. The summed E-state index contributed by atoms with van der Waals surface area (Å²) in [6.07, 6.45) is 0. The smallest absolute Gasteiger partial charge is 0.265 e. The van der Waals surface area contributed by atoms with Gasteiger partial charge in [0.15, 0.2) is 0 Å². The van der Waals surface area contributed by atoms with E-state index in [0.717, 1.165) is 40.1 Å². The Kier molecular flexibility index (Phi) is 3.87. The van der Waals surface area contributed by atoms with Gasteiger partial charge in [-0.25, -0.2) is 4.98 Å². The van der Waals surface area contributed by atoms with E-state index in [9.17, 15) is 4.79 Å². The molecule has 0 bridgehead atoms. The van der Waals surface area contributed by atoms with E-state index in [1.807, 2.05) is 29.3 Å². The first-order valence-electron chi connectivity index (χ1n) is 6.69. The van der Waals surface area contributed by atoms with Crippen LogP contribution in [0.3, 0.4) is 0 Å². The molecule has 4 nitrogen and oxygen atoms in total. The number of amides is 1. The molecule has 3 rings (SSSR count). The Labute approximate surface area is 126 Å². The third-order valence-corrected chi connectivity index (χ3v) is 5.56. The summed E-state index contributed by atoms with van der Waals surface area (Å²) in [5.74, 6) is 0.121. The zero-order valence-electron chi connectivity index (χ0n) is 11.5. The van der Waals surface area contributed by atoms with E-state index in [1.54, 1.807) is 11.3 Å². The predicted molar refractivity (Wildman–Crippen MR) is 83.5 cm³/mol. The molecule has 1 N–H and O–H groups in total. The van der Waals surface area contributed by atoms with Crippen molar-refractivity contribution in [3.63, 3.8) is 0 Å². The quantitative estimate of drug-likeness (QED) is 0.927. The minimum absolute atomic E-state index is 0.121. The van der Waals surface area contributed by atoms with Gasteiger partial charge in [0.25, 0.3) is 5.91 Å². The maximum absolute atomic E-state index is 12.6. The van der Waals surface area contributed by atoms with E-state index in [1.165, 1.54) is 11.3 Å². The topological polar surface area (TPSA) is 45.2 Å². The van der Waals surface area contributed by atoms with Gasteiger partial charge in [-0.3, -0.25) is 4.79 Å². The molecule has 1 saturated heterocycles. The van der Waals surface area contributed by atoms with E-state index in [4.69, 9.17) is 0 Å². The van der Waals surface area contributed by atoms with E-state index < -0.39 is 0 Å². The molecular weight excluding hydrogens is 290 g/mol. The Morgan fingerprint density at radius 2 is 2.40 bits per heavy atom. The number of aryl methyl sites for hydroxylation is 1. The molecule has 1 amide bonds. The van der Waals surface area contributed by atoms with Crippen LogP contribution in [0.25, 0.3) is 9.88 Å². The molecule has 3 heterocycles. The second-order valence-electron chi connectivity index (χ2n) is 5.02. The number of rotatable bonds is 2. The normalized spacial score (nSPS) is 19.3. The van der Waals surface area contributed by atoms with Gasteiger partial charge in [-0.1, -0.05) is 6.07 Å². The molecule has 0 aromatic carbocycles. The summed E-state index contributed by atoms with van der Waals surface area (Å²) in [6, 6.07) is 4.41. The summed E-state index contributed by atoms with van der Waals surface area (Å²) in [7, 11) is 0. The minimum atomic E-state index is 0.121. The Morgan fingerprint density at radius 1 is 1.55 bits per heavy atom. The number of nitrogens with zero attached hydrogens (tertiary/aromatic N) is 2. The van der Waals surface area contributed by atoms with E-state index >= 15 is 0 Å². The van der Waals surface area contributed by atoms with Gasteiger partial charge in [0.05, 0.1) is 10.6 Å². The lowest BCUT2D eigenvalue weighted by molar-refractivity contribution is 0.0713. The fourth-order valence-corrected chi connectivity index (χ4v) is 4.19. The number of hydrogen-bond acceptors (Lipinski definition) is 5. The predicted octanol–water partition coefficient (Wildman–Crippen LogP) is 2.61. The minimum Gasteiger partial charge on any atom is -0.335 e. The highest BCUT2D eigenvalue weighted by atomic mass is 32.1. The average Bonchev–Trinajstić information content (AvgIpc) is 3.07. The molecule has 0 saturated carbocycles. The number of carbonyl (C=O) groups is 1. The zero-order valence-corrected chi connectivity index (χ0v) is 13.2. The largest absolute Gasteiger partial charge is 0.335 e. The van der Waals surface area contributed by atoms with Gasteiger partial charge < -0.3 is 10.2 Å². The van der Waals surface area contributed by atoms with Crippen LogP contribution in [0, 0.1) is 6.92 Å². The number of thiazole rings is 1. The highest BCUT2D eigenvalue weighted by Crippen LogP contribution is 2.31. The van der Waals surface area contributed by atoms with Crippen LogP contribution in [0.1, 0.15) is 22.3 Å². The molecule has 1 atom stereocenters. The van der Waals surface area contributed by atoms with Gasteiger partial charge in [-0.05, 0) is 25.3 Å². The third-order valence-electron chi connectivity index (χ3n) is 3.38. The molecule has 1 unspecified atom stereocenters. The Bertz CT molecular complexity index is 606. The molecule has 0 radical (unpaired) electrons. The second-order valence-corrected chi connectivity index (χ2v) is 6.96. The fourth-order valence-electron chi connectivity index (χ4n) is 2.36. The first kappa shape index (κ1) is 13.7. The van der Waals surface area contributed by atoms with Crippen molar-refractivity contribution in [1.82, 2.24) is 15.2 Å². The average molecular weight is 307 g/mol. The van der Waals surface area contributed by atoms with E-state index in [2.05, 4.69) is 17.2 Å². The Hall–Kier alpha value is -1.24.